The molecule has 0 spiro atoms. The van der Waals surface area contributed by atoms with Crippen molar-refractivity contribution in [3.05, 3.63) is 46.8 Å². The van der Waals surface area contributed by atoms with Crippen molar-refractivity contribution in [2.45, 2.75) is 27.7 Å². The van der Waals surface area contributed by atoms with E-state index in [0.29, 0.717) is 33.8 Å². The molecule has 0 saturated carbocycles. The molecule has 0 amide bonds. The fourth-order valence-corrected chi connectivity index (χ4v) is 2.83. The van der Waals surface area contributed by atoms with Crippen LogP contribution in [-0.4, -0.2) is 23.7 Å². The van der Waals surface area contributed by atoms with Crippen LogP contribution in [0.3, 0.4) is 0 Å². The lowest BCUT2D eigenvalue weighted by Crippen LogP contribution is -2.11. The second-order valence-corrected chi connectivity index (χ2v) is 5.22. The van der Waals surface area contributed by atoms with E-state index in [1.165, 1.54) is 13.8 Å². The summed E-state index contributed by atoms with van der Waals surface area (Å²) in [5.74, 6) is 0.388. The zero-order valence-corrected chi connectivity index (χ0v) is 13.5. The molecule has 0 aliphatic heterocycles. The highest BCUT2D eigenvalue weighted by atomic mass is 16.5. The van der Waals surface area contributed by atoms with Crippen molar-refractivity contribution >= 4 is 11.6 Å². The number of carbonyl (C=O) groups is 2. The van der Waals surface area contributed by atoms with Gasteiger partial charge in [-0.25, -0.2) is 0 Å². The van der Waals surface area contributed by atoms with Crippen LogP contribution in [0.5, 0.6) is 5.75 Å². The number of pyridine rings is 1. The number of aryl methyl sites for hydroxylation is 2. The van der Waals surface area contributed by atoms with Crippen LogP contribution in [0.2, 0.25) is 0 Å². The molecule has 1 heterocycles. The predicted octanol–water partition coefficient (Wildman–Crippen LogP) is 3.78. The quantitative estimate of drug-likeness (QED) is 0.806. The first-order chi connectivity index (χ1) is 10.4. The maximum atomic E-state index is 12.2. The Balaban J connectivity index is 2.99. The van der Waals surface area contributed by atoms with Gasteiger partial charge in [0.15, 0.2) is 11.6 Å². The van der Waals surface area contributed by atoms with Crippen molar-refractivity contribution in [1.82, 2.24) is 4.98 Å². The van der Waals surface area contributed by atoms with E-state index in [9.17, 15) is 9.59 Å². The number of rotatable bonds is 4. The first-order valence-electron chi connectivity index (χ1n) is 7.05. The number of Topliss-reactive ketones (excluding diaryl/α,β-unsaturated/α-hetero) is 2. The second kappa shape index (κ2) is 6.10. The summed E-state index contributed by atoms with van der Waals surface area (Å²) in [5.41, 5.74) is 3.53. The fourth-order valence-electron chi connectivity index (χ4n) is 2.83. The minimum atomic E-state index is -0.117. The van der Waals surface area contributed by atoms with Gasteiger partial charge in [-0.15, -0.1) is 0 Å². The number of ether oxygens (including phenoxy) is 1. The van der Waals surface area contributed by atoms with E-state index < -0.39 is 0 Å². The normalized spacial score (nSPS) is 10.4. The molecule has 0 radical (unpaired) electrons. The molecule has 1 aromatic carbocycles. The van der Waals surface area contributed by atoms with E-state index in [0.717, 1.165) is 5.56 Å². The summed E-state index contributed by atoms with van der Waals surface area (Å²) in [6.07, 6.45) is 0. The Morgan fingerprint density at radius 3 is 1.91 bits per heavy atom. The number of carbonyl (C=O) groups excluding carboxylic acids is 2. The highest BCUT2D eigenvalue weighted by Crippen LogP contribution is 2.37. The third-order valence-corrected chi connectivity index (χ3v) is 3.64. The third-order valence-electron chi connectivity index (χ3n) is 3.64. The topological polar surface area (TPSA) is 56.3 Å². The van der Waals surface area contributed by atoms with Crippen molar-refractivity contribution in [2.75, 3.05) is 7.11 Å². The molecule has 0 N–H and O–H groups in total. The minimum absolute atomic E-state index is 0.117. The molecule has 0 atom stereocenters. The Hall–Kier alpha value is -2.49. The summed E-state index contributed by atoms with van der Waals surface area (Å²) in [7, 11) is 1.57. The smallest absolute Gasteiger partial charge is 0.162 e. The van der Waals surface area contributed by atoms with Crippen LogP contribution in [0.4, 0.5) is 0 Å². The molecule has 0 saturated heterocycles. The maximum absolute atomic E-state index is 12.2. The van der Waals surface area contributed by atoms with Gasteiger partial charge in [-0.2, -0.15) is 0 Å². The summed E-state index contributed by atoms with van der Waals surface area (Å²) in [5, 5.41) is 0. The van der Waals surface area contributed by atoms with Crippen LogP contribution in [0.1, 0.15) is 46.0 Å². The summed E-state index contributed by atoms with van der Waals surface area (Å²) in [6, 6.07) is 7.38. The zero-order chi connectivity index (χ0) is 16.4. The largest absolute Gasteiger partial charge is 0.496 e. The number of ketones is 2. The monoisotopic (exact) mass is 297 g/mol. The van der Waals surface area contributed by atoms with E-state index in [4.69, 9.17) is 4.74 Å². The molecule has 0 bridgehead atoms. The molecule has 4 nitrogen and oxygen atoms in total. The van der Waals surface area contributed by atoms with Gasteiger partial charge in [0.2, 0.25) is 0 Å². The number of hydrogen-bond donors (Lipinski definition) is 0. The van der Waals surface area contributed by atoms with Crippen LogP contribution < -0.4 is 4.74 Å². The van der Waals surface area contributed by atoms with Crippen LogP contribution in [0.25, 0.3) is 11.1 Å². The van der Waals surface area contributed by atoms with Gasteiger partial charge in [0, 0.05) is 33.6 Å². The summed E-state index contributed by atoms with van der Waals surface area (Å²) < 4.78 is 5.41. The molecular formula is C18H19NO3. The van der Waals surface area contributed by atoms with Crippen molar-refractivity contribution in [2.24, 2.45) is 0 Å². The molecule has 1 aromatic heterocycles. The molecule has 2 rings (SSSR count). The van der Waals surface area contributed by atoms with Crippen molar-refractivity contribution in [3.8, 4) is 16.9 Å². The van der Waals surface area contributed by atoms with Gasteiger partial charge in [-0.3, -0.25) is 14.6 Å². The van der Waals surface area contributed by atoms with Crippen LogP contribution in [0, 0.1) is 13.8 Å². The molecule has 4 heteroatoms. The lowest BCUT2D eigenvalue weighted by molar-refractivity contribution is 0.101. The predicted molar refractivity (Wildman–Crippen MR) is 85.7 cm³/mol. The van der Waals surface area contributed by atoms with Gasteiger partial charge < -0.3 is 4.74 Å². The van der Waals surface area contributed by atoms with Crippen LogP contribution >= 0.6 is 0 Å². The van der Waals surface area contributed by atoms with Crippen molar-refractivity contribution in [3.63, 3.8) is 0 Å². The standard InChI is InChI=1S/C18H19NO3/c1-10-16(12(3)20)18(17(13(4)21)11(2)19-10)14-8-6-7-9-15(14)22-5/h6-9H,1-5H3. The summed E-state index contributed by atoms with van der Waals surface area (Å²) in [6.45, 7) is 6.55. The Labute approximate surface area is 130 Å². The SMILES string of the molecule is COc1ccccc1-c1c(C(C)=O)c(C)nc(C)c1C(C)=O. The van der Waals surface area contributed by atoms with Crippen LogP contribution in [0.15, 0.2) is 24.3 Å². The number of aromatic nitrogens is 1. The van der Waals surface area contributed by atoms with Gasteiger partial charge in [-0.1, -0.05) is 18.2 Å². The van der Waals surface area contributed by atoms with E-state index >= 15 is 0 Å². The molecule has 0 unspecified atom stereocenters. The second-order valence-electron chi connectivity index (χ2n) is 5.22. The Morgan fingerprint density at radius 1 is 0.955 bits per heavy atom. The van der Waals surface area contributed by atoms with Gasteiger partial charge in [0.05, 0.1) is 7.11 Å². The molecule has 22 heavy (non-hydrogen) atoms. The number of nitrogens with zero attached hydrogens (tertiary/aromatic N) is 1. The third kappa shape index (κ3) is 2.64. The van der Waals surface area contributed by atoms with Gasteiger partial charge >= 0.3 is 0 Å². The average Bonchev–Trinajstić information content (AvgIpc) is 2.45. The van der Waals surface area contributed by atoms with E-state index in [2.05, 4.69) is 4.98 Å². The zero-order valence-electron chi connectivity index (χ0n) is 13.5. The van der Waals surface area contributed by atoms with E-state index in [-0.39, 0.29) is 11.6 Å². The lowest BCUT2D eigenvalue weighted by Gasteiger charge is -2.18. The van der Waals surface area contributed by atoms with Crippen molar-refractivity contribution < 1.29 is 14.3 Å². The molecule has 2 aromatic rings. The summed E-state index contributed by atoms with van der Waals surface area (Å²) in [4.78, 5) is 28.7. The average molecular weight is 297 g/mol. The number of hydrogen-bond acceptors (Lipinski definition) is 4. The minimum Gasteiger partial charge on any atom is -0.496 e. The molecule has 0 aliphatic rings. The molecule has 0 aliphatic carbocycles. The summed E-state index contributed by atoms with van der Waals surface area (Å²) >= 11 is 0. The van der Waals surface area contributed by atoms with Gasteiger partial charge in [0.1, 0.15) is 5.75 Å². The Morgan fingerprint density at radius 2 is 1.45 bits per heavy atom. The first kappa shape index (κ1) is 15.9. The molecular weight excluding hydrogens is 278 g/mol. The maximum Gasteiger partial charge on any atom is 0.162 e. The number of benzene rings is 1. The molecule has 114 valence electrons. The highest BCUT2D eigenvalue weighted by Gasteiger charge is 2.24. The van der Waals surface area contributed by atoms with Crippen molar-refractivity contribution in [1.29, 1.82) is 0 Å². The highest BCUT2D eigenvalue weighted by molar-refractivity contribution is 6.10. The van der Waals surface area contributed by atoms with Gasteiger partial charge in [0.25, 0.3) is 0 Å². The number of methoxy groups -OCH3 is 1. The van der Waals surface area contributed by atoms with E-state index in [1.54, 1.807) is 21.0 Å². The first-order valence-corrected chi connectivity index (χ1v) is 7.05. The van der Waals surface area contributed by atoms with E-state index in [1.807, 2.05) is 24.3 Å². The number of para-hydroxylation sites is 1. The lowest BCUT2D eigenvalue weighted by atomic mass is 9.89. The molecule has 0 fully saturated rings. The van der Waals surface area contributed by atoms with Crippen LogP contribution in [-0.2, 0) is 0 Å². The fraction of sp³-hybridized carbons (Fsp3) is 0.278. The Bertz CT molecular complexity index is 725. The van der Waals surface area contributed by atoms with Gasteiger partial charge in [-0.05, 0) is 33.8 Å². The Kier molecular flexibility index (Phi) is 4.40.